The molecule has 0 spiro atoms. The molecule has 2 aromatic rings. The lowest BCUT2D eigenvalue weighted by atomic mass is 10.0. The van der Waals surface area contributed by atoms with Gasteiger partial charge in [-0.2, -0.15) is 0 Å². The highest BCUT2D eigenvalue weighted by molar-refractivity contribution is 9.09. The molecule has 2 rings (SSSR count). The van der Waals surface area contributed by atoms with Crippen LogP contribution in [0.25, 0.3) is 0 Å². The summed E-state index contributed by atoms with van der Waals surface area (Å²) in [6, 6.07) is 8.51. The van der Waals surface area contributed by atoms with Crippen molar-refractivity contribution >= 4 is 39.1 Å². The highest BCUT2D eigenvalue weighted by atomic mass is 79.9. The fraction of sp³-hybridized carbons (Fsp3) is 0.0769. The average Bonchev–Trinajstić information content (AvgIpc) is 2.32. The summed E-state index contributed by atoms with van der Waals surface area (Å²) in [5.41, 5.74) is 0.940. The maximum Gasteiger partial charge on any atom is 0.130 e. The molecule has 0 nitrogen and oxygen atoms in total. The van der Waals surface area contributed by atoms with Gasteiger partial charge in [0.05, 0.1) is 14.9 Å². The number of alkyl halides is 1. The first-order valence-corrected chi connectivity index (χ1v) is 6.71. The Kier molecular flexibility index (Phi) is 4.25. The molecule has 1 atom stereocenters. The summed E-state index contributed by atoms with van der Waals surface area (Å²) >= 11 is 15.3. The molecule has 0 heterocycles. The van der Waals surface area contributed by atoms with Crippen LogP contribution in [-0.4, -0.2) is 0 Å². The van der Waals surface area contributed by atoms with Gasteiger partial charge in [0.1, 0.15) is 11.6 Å². The van der Waals surface area contributed by atoms with Crippen molar-refractivity contribution in [3.05, 3.63) is 69.2 Å². The lowest BCUT2D eigenvalue weighted by molar-refractivity contribution is 0.574. The lowest BCUT2D eigenvalue weighted by Gasteiger charge is -2.14. The van der Waals surface area contributed by atoms with E-state index in [1.807, 2.05) is 0 Å². The van der Waals surface area contributed by atoms with Gasteiger partial charge in [0, 0.05) is 11.6 Å². The van der Waals surface area contributed by atoms with E-state index in [0.717, 1.165) is 6.07 Å². The van der Waals surface area contributed by atoms with Crippen LogP contribution < -0.4 is 0 Å². The Hall–Kier alpha value is -0.640. The Morgan fingerprint density at radius 1 is 1.00 bits per heavy atom. The third-order valence-corrected chi connectivity index (χ3v) is 4.31. The van der Waals surface area contributed by atoms with Crippen molar-refractivity contribution in [2.75, 3.05) is 0 Å². The number of hydrogen-bond acceptors (Lipinski definition) is 0. The summed E-state index contributed by atoms with van der Waals surface area (Å²) in [6.45, 7) is 0. The first-order valence-electron chi connectivity index (χ1n) is 5.03. The van der Waals surface area contributed by atoms with Crippen LogP contribution >= 0.6 is 39.1 Å². The Bertz CT molecular complexity index is 587. The summed E-state index contributed by atoms with van der Waals surface area (Å²) in [6.07, 6.45) is 0. The Morgan fingerprint density at radius 3 is 2.39 bits per heavy atom. The molecule has 2 aromatic carbocycles. The van der Waals surface area contributed by atoms with Crippen molar-refractivity contribution < 1.29 is 8.78 Å². The molecule has 0 radical (unpaired) electrons. The van der Waals surface area contributed by atoms with E-state index < -0.39 is 16.5 Å². The predicted octanol–water partition coefficient (Wildman–Crippen LogP) is 5.76. The van der Waals surface area contributed by atoms with Crippen LogP contribution in [0.1, 0.15) is 16.0 Å². The van der Waals surface area contributed by atoms with E-state index in [0.29, 0.717) is 21.2 Å². The van der Waals surface area contributed by atoms with Gasteiger partial charge in [0.25, 0.3) is 0 Å². The van der Waals surface area contributed by atoms with E-state index in [-0.39, 0.29) is 0 Å². The van der Waals surface area contributed by atoms with Gasteiger partial charge in [-0.05, 0) is 17.7 Å². The van der Waals surface area contributed by atoms with Gasteiger partial charge >= 0.3 is 0 Å². The molecule has 0 aliphatic rings. The van der Waals surface area contributed by atoms with E-state index in [9.17, 15) is 8.78 Å². The van der Waals surface area contributed by atoms with Crippen molar-refractivity contribution in [3.8, 4) is 0 Å². The molecule has 94 valence electrons. The van der Waals surface area contributed by atoms with Crippen LogP contribution in [0.3, 0.4) is 0 Å². The highest BCUT2D eigenvalue weighted by Gasteiger charge is 2.18. The monoisotopic (exact) mass is 350 g/mol. The zero-order valence-corrected chi connectivity index (χ0v) is 12.0. The minimum absolute atomic E-state index is 0.306. The standard InChI is InChI=1S/C13H7BrCl2F2/c14-12(8-5-4-7(17)6-11(8)18)9-2-1-3-10(15)13(9)16/h1-6,12H. The molecule has 1 unspecified atom stereocenters. The first-order chi connectivity index (χ1) is 8.50. The van der Waals surface area contributed by atoms with Crippen LogP contribution in [0, 0.1) is 11.6 Å². The Balaban J connectivity index is 2.48. The fourth-order valence-corrected chi connectivity index (χ4v) is 2.89. The molecule has 18 heavy (non-hydrogen) atoms. The van der Waals surface area contributed by atoms with Crippen LogP contribution in [0.15, 0.2) is 36.4 Å². The lowest BCUT2D eigenvalue weighted by Crippen LogP contribution is -1.98. The second-order valence-electron chi connectivity index (χ2n) is 3.67. The largest absolute Gasteiger partial charge is 0.207 e. The van der Waals surface area contributed by atoms with Crippen LogP contribution in [0.2, 0.25) is 10.0 Å². The van der Waals surface area contributed by atoms with Crippen molar-refractivity contribution in [1.82, 2.24) is 0 Å². The van der Waals surface area contributed by atoms with Gasteiger partial charge in [0.15, 0.2) is 0 Å². The molecular formula is C13H7BrCl2F2. The number of rotatable bonds is 2. The van der Waals surface area contributed by atoms with E-state index in [1.165, 1.54) is 12.1 Å². The number of halogens is 5. The van der Waals surface area contributed by atoms with E-state index in [4.69, 9.17) is 23.2 Å². The minimum Gasteiger partial charge on any atom is -0.207 e. The summed E-state index contributed by atoms with van der Waals surface area (Å²) in [4.78, 5) is -0.482. The van der Waals surface area contributed by atoms with Gasteiger partial charge in [-0.15, -0.1) is 0 Å². The second kappa shape index (κ2) is 5.55. The molecule has 0 saturated carbocycles. The van der Waals surface area contributed by atoms with Gasteiger partial charge in [-0.1, -0.05) is 57.3 Å². The molecule has 0 aromatic heterocycles. The summed E-state index contributed by atoms with van der Waals surface area (Å²) in [7, 11) is 0. The van der Waals surface area contributed by atoms with Gasteiger partial charge in [-0.3, -0.25) is 0 Å². The molecule has 0 N–H and O–H groups in total. The van der Waals surface area contributed by atoms with Crippen molar-refractivity contribution in [3.63, 3.8) is 0 Å². The topological polar surface area (TPSA) is 0 Å². The first kappa shape index (κ1) is 13.8. The molecular weight excluding hydrogens is 345 g/mol. The Labute approximate surface area is 122 Å². The van der Waals surface area contributed by atoms with Crippen LogP contribution in [0.4, 0.5) is 8.78 Å². The van der Waals surface area contributed by atoms with E-state index in [1.54, 1.807) is 18.2 Å². The number of benzene rings is 2. The van der Waals surface area contributed by atoms with E-state index >= 15 is 0 Å². The zero-order valence-electron chi connectivity index (χ0n) is 8.93. The van der Waals surface area contributed by atoms with E-state index in [2.05, 4.69) is 15.9 Å². The molecule has 0 saturated heterocycles. The van der Waals surface area contributed by atoms with Gasteiger partial charge in [-0.25, -0.2) is 8.78 Å². The minimum atomic E-state index is -0.632. The summed E-state index contributed by atoms with van der Waals surface area (Å²) in [5, 5.41) is 0.742. The normalized spacial score (nSPS) is 12.5. The molecule has 0 aliphatic heterocycles. The molecule has 0 fully saturated rings. The quantitative estimate of drug-likeness (QED) is 0.604. The molecule has 0 aliphatic carbocycles. The maximum atomic E-state index is 13.7. The maximum absolute atomic E-state index is 13.7. The second-order valence-corrected chi connectivity index (χ2v) is 5.37. The summed E-state index contributed by atoms with van der Waals surface area (Å²) < 4.78 is 26.5. The highest BCUT2D eigenvalue weighted by Crippen LogP contribution is 2.39. The molecule has 0 bridgehead atoms. The Morgan fingerprint density at radius 2 is 1.72 bits per heavy atom. The van der Waals surface area contributed by atoms with Crippen molar-refractivity contribution in [1.29, 1.82) is 0 Å². The molecule has 5 heteroatoms. The fourth-order valence-electron chi connectivity index (χ4n) is 1.59. The third-order valence-electron chi connectivity index (χ3n) is 2.49. The summed E-state index contributed by atoms with van der Waals surface area (Å²) in [5.74, 6) is -1.25. The average molecular weight is 352 g/mol. The van der Waals surface area contributed by atoms with Crippen molar-refractivity contribution in [2.45, 2.75) is 4.83 Å². The van der Waals surface area contributed by atoms with Crippen LogP contribution in [0.5, 0.6) is 0 Å². The molecule has 0 amide bonds. The third kappa shape index (κ3) is 2.68. The van der Waals surface area contributed by atoms with Crippen molar-refractivity contribution in [2.24, 2.45) is 0 Å². The number of hydrogen-bond donors (Lipinski definition) is 0. The smallest absolute Gasteiger partial charge is 0.130 e. The predicted molar refractivity (Wildman–Crippen MR) is 73.6 cm³/mol. The SMILES string of the molecule is Fc1ccc(C(Br)c2cccc(Cl)c2Cl)c(F)c1. The van der Waals surface area contributed by atoms with Gasteiger partial charge in [0.2, 0.25) is 0 Å². The zero-order chi connectivity index (χ0) is 13.3. The van der Waals surface area contributed by atoms with Gasteiger partial charge < -0.3 is 0 Å². The van der Waals surface area contributed by atoms with Crippen LogP contribution in [-0.2, 0) is 0 Å².